The smallest absolute Gasteiger partial charge is 0.305 e. The molecule has 1 aliphatic rings. The zero-order valence-corrected chi connectivity index (χ0v) is 17.0. The van der Waals surface area contributed by atoms with E-state index in [4.69, 9.17) is 0 Å². The van der Waals surface area contributed by atoms with Crippen LogP contribution in [0.3, 0.4) is 0 Å². The van der Waals surface area contributed by atoms with Gasteiger partial charge in [-0.25, -0.2) is 0 Å². The molecule has 4 heteroatoms. The molecule has 0 aromatic heterocycles. The summed E-state index contributed by atoms with van der Waals surface area (Å²) in [7, 11) is 1.42. The van der Waals surface area contributed by atoms with E-state index in [2.05, 4.69) is 17.7 Å². The summed E-state index contributed by atoms with van der Waals surface area (Å²) in [6.07, 6.45) is 15.0. The van der Waals surface area contributed by atoms with Crippen molar-refractivity contribution in [1.29, 1.82) is 0 Å². The topological polar surface area (TPSA) is 63.6 Å². The average molecular weight is 367 g/mol. The monoisotopic (exact) mass is 366 g/mol. The van der Waals surface area contributed by atoms with Crippen LogP contribution in [0.5, 0.6) is 0 Å². The Balaban J connectivity index is 2.35. The number of unbranched alkanes of at least 4 members (excludes halogenated alkanes) is 5. The number of methoxy groups -OCH3 is 1. The van der Waals surface area contributed by atoms with Gasteiger partial charge < -0.3 is 9.84 Å². The number of ketones is 1. The van der Waals surface area contributed by atoms with Crippen LogP contribution in [0.1, 0.15) is 90.9 Å². The summed E-state index contributed by atoms with van der Waals surface area (Å²) in [4.78, 5) is 23.3. The van der Waals surface area contributed by atoms with E-state index >= 15 is 0 Å². The highest BCUT2D eigenvalue weighted by Crippen LogP contribution is 2.34. The van der Waals surface area contributed by atoms with Crippen molar-refractivity contribution in [3.63, 3.8) is 0 Å². The van der Waals surface area contributed by atoms with Crippen LogP contribution in [-0.4, -0.2) is 29.6 Å². The van der Waals surface area contributed by atoms with Gasteiger partial charge in [-0.15, -0.1) is 0 Å². The van der Waals surface area contributed by atoms with Crippen LogP contribution in [0.4, 0.5) is 0 Å². The second-order valence-electron chi connectivity index (χ2n) is 7.98. The highest BCUT2D eigenvalue weighted by molar-refractivity contribution is 5.83. The van der Waals surface area contributed by atoms with E-state index < -0.39 is 5.60 Å². The molecular formula is C22H38O4. The molecule has 0 amide bonds. The third-order valence-corrected chi connectivity index (χ3v) is 5.52. The molecule has 0 spiro atoms. The molecule has 3 unspecified atom stereocenters. The maximum atomic E-state index is 12.2. The molecule has 1 N–H and O–H groups in total. The maximum Gasteiger partial charge on any atom is 0.305 e. The number of aliphatic hydroxyl groups is 1. The Morgan fingerprint density at radius 1 is 1.23 bits per heavy atom. The molecule has 3 atom stereocenters. The van der Waals surface area contributed by atoms with Gasteiger partial charge in [-0.05, 0) is 38.5 Å². The molecule has 0 aromatic rings. The van der Waals surface area contributed by atoms with Crippen molar-refractivity contribution in [2.24, 2.45) is 11.8 Å². The summed E-state index contributed by atoms with van der Waals surface area (Å²) >= 11 is 0. The number of rotatable bonds is 13. The van der Waals surface area contributed by atoms with E-state index in [-0.39, 0.29) is 17.8 Å². The first kappa shape index (κ1) is 22.9. The molecule has 26 heavy (non-hydrogen) atoms. The van der Waals surface area contributed by atoms with Gasteiger partial charge in [0.15, 0.2) is 0 Å². The van der Waals surface area contributed by atoms with Gasteiger partial charge in [-0.1, -0.05) is 57.6 Å². The van der Waals surface area contributed by atoms with E-state index in [9.17, 15) is 14.7 Å². The average Bonchev–Trinajstić information content (AvgIpc) is 2.96. The fraction of sp³-hybridized carbons (Fsp3) is 0.818. The van der Waals surface area contributed by atoms with Crippen LogP contribution in [-0.2, 0) is 14.3 Å². The Morgan fingerprint density at radius 3 is 2.65 bits per heavy atom. The first-order valence-corrected chi connectivity index (χ1v) is 10.4. The number of hydrogen-bond donors (Lipinski definition) is 1. The summed E-state index contributed by atoms with van der Waals surface area (Å²) in [5.74, 6) is 0.612. The van der Waals surface area contributed by atoms with Gasteiger partial charge in [-0.3, -0.25) is 9.59 Å². The van der Waals surface area contributed by atoms with E-state index in [1.807, 2.05) is 13.0 Å². The minimum absolute atomic E-state index is 0.110. The van der Waals surface area contributed by atoms with Crippen molar-refractivity contribution in [3.8, 4) is 0 Å². The molecule has 0 aromatic carbocycles. The van der Waals surface area contributed by atoms with Crippen molar-refractivity contribution in [3.05, 3.63) is 12.2 Å². The number of hydrogen-bond acceptors (Lipinski definition) is 4. The number of carbonyl (C=O) groups excluding carboxylic acids is 2. The minimum atomic E-state index is -0.765. The quantitative estimate of drug-likeness (QED) is 0.283. The molecule has 0 saturated heterocycles. The lowest BCUT2D eigenvalue weighted by Crippen LogP contribution is -2.21. The van der Waals surface area contributed by atoms with Crippen molar-refractivity contribution in [1.82, 2.24) is 0 Å². The van der Waals surface area contributed by atoms with Crippen LogP contribution in [0.15, 0.2) is 12.2 Å². The normalized spacial score (nSPS) is 22.7. The van der Waals surface area contributed by atoms with Crippen LogP contribution >= 0.6 is 0 Å². The highest BCUT2D eigenvalue weighted by Gasteiger charge is 2.32. The summed E-state index contributed by atoms with van der Waals surface area (Å²) in [5.41, 5.74) is -0.765. The molecular weight excluding hydrogens is 328 g/mol. The molecule has 1 saturated carbocycles. The first-order chi connectivity index (χ1) is 12.4. The zero-order valence-electron chi connectivity index (χ0n) is 17.0. The summed E-state index contributed by atoms with van der Waals surface area (Å²) in [6.45, 7) is 4.03. The van der Waals surface area contributed by atoms with Gasteiger partial charge in [0.2, 0.25) is 0 Å². The maximum absolute atomic E-state index is 12.2. The van der Waals surface area contributed by atoms with E-state index in [0.29, 0.717) is 18.6 Å². The summed E-state index contributed by atoms with van der Waals surface area (Å²) in [6, 6.07) is 0. The van der Waals surface area contributed by atoms with Crippen molar-refractivity contribution >= 4 is 11.8 Å². The predicted octanol–water partition coefficient (Wildman–Crippen LogP) is 4.98. The van der Waals surface area contributed by atoms with E-state index in [1.165, 1.54) is 7.11 Å². The molecule has 1 aliphatic carbocycles. The molecule has 1 fully saturated rings. The number of carbonyl (C=O) groups is 2. The van der Waals surface area contributed by atoms with Crippen LogP contribution in [0, 0.1) is 11.8 Å². The minimum Gasteiger partial charge on any atom is -0.469 e. The Hall–Kier alpha value is -1.16. The Kier molecular flexibility index (Phi) is 10.8. The van der Waals surface area contributed by atoms with Crippen molar-refractivity contribution < 1.29 is 19.4 Å². The standard InChI is InChI=1S/C22H38O4/c1-4-5-10-16-22(2,25)17-15-18-13-14-20(23)19(18)11-8-6-7-9-12-21(24)26-3/h15,17-19,25H,4-14,16H2,1-3H3. The Bertz CT molecular complexity index is 453. The molecule has 0 aliphatic heterocycles. The third-order valence-electron chi connectivity index (χ3n) is 5.52. The number of allylic oxidation sites excluding steroid dienone is 1. The first-order valence-electron chi connectivity index (χ1n) is 10.4. The fourth-order valence-corrected chi connectivity index (χ4v) is 3.78. The molecule has 4 nitrogen and oxygen atoms in total. The van der Waals surface area contributed by atoms with Gasteiger partial charge in [0.25, 0.3) is 0 Å². The zero-order chi connectivity index (χ0) is 19.4. The summed E-state index contributed by atoms with van der Waals surface area (Å²) < 4.78 is 4.64. The molecule has 0 bridgehead atoms. The molecule has 1 rings (SSSR count). The van der Waals surface area contributed by atoms with E-state index in [0.717, 1.165) is 64.2 Å². The van der Waals surface area contributed by atoms with Gasteiger partial charge in [-0.2, -0.15) is 0 Å². The molecule has 0 heterocycles. The number of esters is 1. The van der Waals surface area contributed by atoms with Crippen molar-refractivity contribution in [2.45, 2.75) is 96.5 Å². The summed E-state index contributed by atoms with van der Waals surface area (Å²) in [5, 5.41) is 10.5. The fourth-order valence-electron chi connectivity index (χ4n) is 3.78. The number of ether oxygens (including phenoxy) is 1. The van der Waals surface area contributed by atoms with Crippen LogP contribution < -0.4 is 0 Å². The van der Waals surface area contributed by atoms with Gasteiger partial charge in [0, 0.05) is 18.8 Å². The second-order valence-corrected chi connectivity index (χ2v) is 7.98. The largest absolute Gasteiger partial charge is 0.469 e. The second kappa shape index (κ2) is 12.3. The Labute approximate surface area is 159 Å². The van der Waals surface area contributed by atoms with E-state index in [1.54, 1.807) is 0 Å². The lowest BCUT2D eigenvalue weighted by molar-refractivity contribution is -0.140. The molecule has 0 radical (unpaired) electrons. The van der Waals surface area contributed by atoms with Gasteiger partial charge in [0.05, 0.1) is 12.7 Å². The van der Waals surface area contributed by atoms with Crippen LogP contribution in [0.2, 0.25) is 0 Å². The number of Topliss-reactive ketones (excluding diaryl/α,β-unsaturated/α-hetero) is 1. The Morgan fingerprint density at radius 2 is 1.96 bits per heavy atom. The SMILES string of the molecule is CCCCCC(C)(O)C=CC1CCC(=O)C1CCCCCCC(=O)OC. The predicted molar refractivity (Wildman–Crippen MR) is 105 cm³/mol. The third kappa shape index (κ3) is 8.98. The lowest BCUT2D eigenvalue weighted by atomic mass is 9.87. The van der Waals surface area contributed by atoms with Crippen molar-refractivity contribution in [2.75, 3.05) is 7.11 Å². The van der Waals surface area contributed by atoms with Crippen LogP contribution in [0.25, 0.3) is 0 Å². The molecule has 150 valence electrons. The van der Waals surface area contributed by atoms with Gasteiger partial charge in [0.1, 0.15) is 5.78 Å². The highest BCUT2D eigenvalue weighted by atomic mass is 16.5. The van der Waals surface area contributed by atoms with Gasteiger partial charge >= 0.3 is 5.97 Å². The lowest BCUT2D eigenvalue weighted by Gasteiger charge is -2.21.